The summed E-state index contributed by atoms with van der Waals surface area (Å²) in [7, 11) is 0. The molecule has 4 heteroatoms. The highest BCUT2D eigenvalue weighted by Crippen LogP contribution is 2.29. The fourth-order valence-corrected chi connectivity index (χ4v) is 2.31. The first-order valence-electron chi connectivity index (χ1n) is 5.42. The van der Waals surface area contributed by atoms with Crippen molar-refractivity contribution in [3.8, 4) is 0 Å². The number of benzene rings is 1. The molecule has 1 N–H and O–H groups in total. The number of halogens is 2. The van der Waals surface area contributed by atoms with E-state index in [1.165, 1.54) is 0 Å². The smallest absolute Gasteiger partial charge is 0.231 e. The molecule has 0 heterocycles. The van der Waals surface area contributed by atoms with Crippen LogP contribution in [0.15, 0.2) is 16.6 Å². The van der Waals surface area contributed by atoms with Crippen molar-refractivity contribution in [1.82, 2.24) is 0 Å². The fourth-order valence-electron chi connectivity index (χ4n) is 1.42. The zero-order valence-corrected chi connectivity index (χ0v) is 12.9. The highest BCUT2D eigenvalue weighted by Gasteiger charge is 2.27. The van der Waals surface area contributed by atoms with Crippen molar-refractivity contribution < 1.29 is 4.79 Å². The van der Waals surface area contributed by atoms with Crippen molar-refractivity contribution in [2.45, 2.75) is 27.7 Å². The van der Waals surface area contributed by atoms with Gasteiger partial charge in [-0.3, -0.25) is 4.79 Å². The van der Waals surface area contributed by atoms with E-state index in [0.717, 1.165) is 21.3 Å². The van der Waals surface area contributed by atoms with Crippen LogP contribution in [0.2, 0.25) is 0 Å². The minimum Gasteiger partial charge on any atom is -0.324 e. The molecule has 17 heavy (non-hydrogen) atoms. The fraction of sp³-hybridized carbons (Fsp3) is 0.462. The summed E-state index contributed by atoms with van der Waals surface area (Å²) < 4.78 is 0.897. The summed E-state index contributed by atoms with van der Waals surface area (Å²) in [5.74, 6) is 0.224. The number of nitrogens with one attached hydrogen (secondary N) is 1. The summed E-state index contributed by atoms with van der Waals surface area (Å²) in [6, 6.07) is 4.02. The molecule has 1 aromatic rings. The Morgan fingerprint density at radius 2 is 2.00 bits per heavy atom. The lowest BCUT2D eigenvalue weighted by atomic mass is 9.95. The minimum atomic E-state index is -0.571. The second-order valence-electron chi connectivity index (χ2n) is 4.91. The molecule has 0 radical (unpaired) electrons. The molecule has 94 valence electrons. The van der Waals surface area contributed by atoms with Crippen molar-refractivity contribution in [2.24, 2.45) is 5.41 Å². The number of anilines is 1. The summed E-state index contributed by atoms with van der Waals surface area (Å²) >= 11 is 9.25. The largest absolute Gasteiger partial charge is 0.324 e. The molecule has 0 unspecified atom stereocenters. The quantitative estimate of drug-likeness (QED) is 0.829. The van der Waals surface area contributed by atoms with E-state index in [2.05, 4.69) is 21.2 Å². The van der Waals surface area contributed by atoms with Gasteiger partial charge in [-0.2, -0.15) is 0 Å². The lowest BCUT2D eigenvalue weighted by Gasteiger charge is -2.22. The molecule has 1 aromatic carbocycles. The standard InChI is InChI=1S/C13H17BrClNO/c1-8-5-9(2)11(10(14)6-8)16-12(17)13(3,4)7-15/h5-6H,7H2,1-4H3,(H,16,17). The Bertz CT molecular complexity index is 420. The molecule has 0 bridgehead atoms. The van der Waals surface area contributed by atoms with Gasteiger partial charge in [0.05, 0.1) is 11.1 Å². The zero-order chi connectivity index (χ0) is 13.2. The molecule has 0 atom stereocenters. The number of carbonyl (C=O) groups excluding carboxylic acids is 1. The summed E-state index contributed by atoms with van der Waals surface area (Å²) in [6.07, 6.45) is 0. The first kappa shape index (κ1) is 14.5. The molecular weight excluding hydrogens is 302 g/mol. The van der Waals surface area contributed by atoms with Gasteiger partial charge in [-0.25, -0.2) is 0 Å². The van der Waals surface area contributed by atoms with Gasteiger partial charge in [-0.05, 0) is 60.8 Å². The second-order valence-corrected chi connectivity index (χ2v) is 6.03. The summed E-state index contributed by atoms with van der Waals surface area (Å²) in [5.41, 5.74) is 2.44. The Kier molecular flexibility index (Phi) is 4.62. The van der Waals surface area contributed by atoms with Crippen LogP contribution >= 0.6 is 27.5 Å². The van der Waals surface area contributed by atoms with Crippen LogP contribution in [0, 0.1) is 19.3 Å². The van der Waals surface area contributed by atoms with Crippen molar-refractivity contribution in [2.75, 3.05) is 11.2 Å². The van der Waals surface area contributed by atoms with Gasteiger partial charge in [-0.15, -0.1) is 11.6 Å². The van der Waals surface area contributed by atoms with Crippen molar-refractivity contribution in [3.63, 3.8) is 0 Å². The maximum Gasteiger partial charge on any atom is 0.231 e. The molecule has 0 aliphatic heterocycles. The van der Waals surface area contributed by atoms with Gasteiger partial charge in [-0.1, -0.05) is 6.07 Å². The van der Waals surface area contributed by atoms with Crippen LogP contribution in [0.4, 0.5) is 5.69 Å². The van der Waals surface area contributed by atoms with Crippen molar-refractivity contribution >= 4 is 39.1 Å². The van der Waals surface area contributed by atoms with E-state index in [9.17, 15) is 4.79 Å². The lowest BCUT2D eigenvalue weighted by Crippen LogP contribution is -2.32. The maximum atomic E-state index is 12.0. The molecule has 0 saturated carbocycles. The van der Waals surface area contributed by atoms with Gasteiger partial charge in [0.1, 0.15) is 0 Å². The topological polar surface area (TPSA) is 29.1 Å². The third-order valence-electron chi connectivity index (χ3n) is 2.62. The lowest BCUT2D eigenvalue weighted by molar-refractivity contribution is -0.122. The number of carbonyl (C=O) groups is 1. The average molecular weight is 319 g/mol. The zero-order valence-electron chi connectivity index (χ0n) is 10.5. The highest BCUT2D eigenvalue weighted by atomic mass is 79.9. The summed E-state index contributed by atoms with van der Waals surface area (Å²) in [6.45, 7) is 7.65. The maximum absolute atomic E-state index is 12.0. The van der Waals surface area contributed by atoms with Crippen LogP contribution in [0.3, 0.4) is 0 Å². The van der Waals surface area contributed by atoms with Crippen LogP contribution in [0.25, 0.3) is 0 Å². The molecule has 0 aliphatic carbocycles. The van der Waals surface area contributed by atoms with E-state index in [0.29, 0.717) is 5.88 Å². The molecular formula is C13H17BrClNO. The summed E-state index contributed by atoms with van der Waals surface area (Å²) in [5, 5.41) is 2.93. The van der Waals surface area contributed by atoms with Gasteiger partial charge in [0.2, 0.25) is 5.91 Å². The third-order valence-corrected chi connectivity index (χ3v) is 3.91. The van der Waals surface area contributed by atoms with Gasteiger partial charge in [0.15, 0.2) is 0 Å². The number of amides is 1. The van der Waals surface area contributed by atoms with Gasteiger partial charge in [0, 0.05) is 10.4 Å². The van der Waals surface area contributed by atoms with Gasteiger partial charge in [0.25, 0.3) is 0 Å². The van der Waals surface area contributed by atoms with Crippen LogP contribution in [-0.4, -0.2) is 11.8 Å². The highest BCUT2D eigenvalue weighted by molar-refractivity contribution is 9.10. The van der Waals surface area contributed by atoms with E-state index >= 15 is 0 Å². The molecule has 1 amide bonds. The molecule has 1 rings (SSSR count). The summed E-state index contributed by atoms with van der Waals surface area (Å²) in [4.78, 5) is 12.0. The average Bonchev–Trinajstić information content (AvgIpc) is 2.22. The number of hydrogen-bond donors (Lipinski definition) is 1. The molecule has 0 aromatic heterocycles. The van der Waals surface area contributed by atoms with E-state index in [4.69, 9.17) is 11.6 Å². The normalized spacial score (nSPS) is 11.4. The van der Waals surface area contributed by atoms with Gasteiger partial charge >= 0.3 is 0 Å². The second kappa shape index (κ2) is 5.40. The SMILES string of the molecule is Cc1cc(C)c(NC(=O)C(C)(C)CCl)c(Br)c1. The molecule has 0 fully saturated rings. The Balaban J connectivity index is 3.01. The van der Waals surface area contributed by atoms with Crippen molar-refractivity contribution in [3.05, 3.63) is 27.7 Å². The molecule has 0 aliphatic rings. The first-order chi connectivity index (χ1) is 7.77. The van der Waals surface area contributed by atoms with E-state index in [1.54, 1.807) is 0 Å². The Morgan fingerprint density at radius 3 is 2.47 bits per heavy atom. The van der Waals surface area contributed by atoms with Gasteiger partial charge < -0.3 is 5.32 Å². The van der Waals surface area contributed by atoms with E-state index < -0.39 is 5.41 Å². The third kappa shape index (κ3) is 3.46. The Hall–Kier alpha value is -0.540. The monoisotopic (exact) mass is 317 g/mol. The first-order valence-corrected chi connectivity index (χ1v) is 6.75. The number of rotatable bonds is 3. The number of hydrogen-bond acceptors (Lipinski definition) is 1. The Labute approximate surface area is 116 Å². The minimum absolute atomic E-state index is 0.0693. The predicted octanol–water partition coefficient (Wildman–Crippen LogP) is 4.27. The molecule has 0 saturated heterocycles. The molecule has 2 nitrogen and oxygen atoms in total. The Morgan fingerprint density at radius 1 is 1.41 bits per heavy atom. The number of alkyl halides is 1. The van der Waals surface area contributed by atoms with Crippen LogP contribution < -0.4 is 5.32 Å². The van der Waals surface area contributed by atoms with Crippen molar-refractivity contribution in [1.29, 1.82) is 0 Å². The van der Waals surface area contributed by atoms with E-state index in [-0.39, 0.29) is 5.91 Å². The van der Waals surface area contributed by atoms with E-state index in [1.807, 2.05) is 39.8 Å². The molecule has 0 spiro atoms. The van der Waals surface area contributed by atoms with Crippen LogP contribution in [-0.2, 0) is 4.79 Å². The van der Waals surface area contributed by atoms with Crippen LogP contribution in [0.5, 0.6) is 0 Å². The van der Waals surface area contributed by atoms with Crippen LogP contribution in [0.1, 0.15) is 25.0 Å². The number of aryl methyl sites for hydroxylation is 2. The predicted molar refractivity (Wildman–Crippen MR) is 76.7 cm³/mol.